The van der Waals surface area contributed by atoms with Gasteiger partial charge in [0.2, 0.25) is 6.54 Å². The van der Waals surface area contributed by atoms with E-state index in [0.29, 0.717) is 5.56 Å². The summed E-state index contributed by atoms with van der Waals surface area (Å²) in [5.41, 5.74) is 10.5. The predicted molar refractivity (Wildman–Crippen MR) is 62.1 cm³/mol. The Labute approximate surface area is 102 Å². The lowest BCUT2D eigenvalue weighted by Gasteiger charge is -2.06. The van der Waals surface area contributed by atoms with Crippen molar-refractivity contribution >= 4 is 24.0 Å². The predicted octanol–water partition coefficient (Wildman–Crippen LogP) is 0.748. The molecule has 1 aromatic carbocycles. The number of carbonyl (C=O) groups is 1. The Morgan fingerprint density at radius 3 is 2.53 bits per heavy atom. The van der Waals surface area contributed by atoms with Crippen molar-refractivity contribution in [1.82, 2.24) is 0 Å². The Morgan fingerprint density at radius 2 is 2.06 bits per heavy atom. The largest absolute Gasteiger partial charge is 0.398 e. The Hall–Kier alpha value is -1.89. The van der Waals surface area contributed by atoms with Gasteiger partial charge in [0.15, 0.2) is 0 Å². The molecule has 4 N–H and O–H groups in total. The number of rotatable bonds is 4. The lowest BCUT2D eigenvalue weighted by atomic mass is 10.0. The molecule has 0 atom stereocenters. The summed E-state index contributed by atoms with van der Waals surface area (Å²) in [5, 5.41) is 10.2. The molecular formula is C9H11ClFN3O3. The molecule has 0 fully saturated rings. The van der Waals surface area contributed by atoms with Gasteiger partial charge in [-0.05, 0) is 17.7 Å². The van der Waals surface area contributed by atoms with Crippen LogP contribution in [0.2, 0.25) is 0 Å². The summed E-state index contributed by atoms with van der Waals surface area (Å²) >= 11 is 0. The molecule has 0 saturated carbocycles. The van der Waals surface area contributed by atoms with Crippen molar-refractivity contribution in [2.75, 3.05) is 12.3 Å². The summed E-state index contributed by atoms with van der Waals surface area (Å²) in [6.45, 7) is -0.339. The minimum absolute atomic E-state index is 0. The molecule has 17 heavy (non-hydrogen) atoms. The molecule has 94 valence electrons. The van der Waals surface area contributed by atoms with Crippen LogP contribution in [0.4, 0.5) is 10.1 Å². The number of benzene rings is 1. The number of nitro groups is 1. The Balaban J connectivity index is 0.00000256. The second kappa shape index (κ2) is 6.00. The lowest BCUT2D eigenvalue weighted by molar-refractivity contribution is -0.479. The average molecular weight is 264 g/mol. The molecule has 0 unspecified atom stereocenters. The van der Waals surface area contributed by atoms with Crippen molar-refractivity contribution in [3.63, 3.8) is 0 Å². The number of nitrogens with zero attached hydrogens (tertiary/aromatic N) is 1. The standard InChI is InChI=1S/C9H10FN3O3.ClH/c10-7-4-8(11)5(1-2-13(15)16)3-6(7)9(12)14;/h3-4H,1-2,11H2,(H2,12,14);1H. The summed E-state index contributed by atoms with van der Waals surface area (Å²) in [6.07, 6.45) is 0.0272. The maximum atomic E-state index is 13.2. The van der Waals surface area contributed by atoms with Crippen molar-refractivity contribution in [3.05, 3.63) is 39.2 Å². The number of carbonyl (C=O) groups excluding carboxylic acids is 1. The maximum Gasteiger partial charge on any atom is 0.251 e. The van der Waals surface area contributed by atoms with E-state index in [1.54, 1.807) is 0 Å². The van der Waals surface area contributed by atoms with Gasteiger partial charge in [0, 0.05) is 17.0 Å². The average Bonchev–Trinajstić information content (AvgIpc) is 2.15. The van der Waals surface area contributed by atoms with Gasteiger partial charge < -0.3 is 11.5 Å². The number of hydrogen-bond acceptors (Lipinski definition) is 4. The Morgan fingerprint density at radius 1 is 1.47 bits per heavy atom. The van der Waals surface area contributed by atoms with E-state index in [1.165, 1.54) is 0 Å². The van der Waals surface area contributed by atoms with Crippen LogP contribution in [0, 0.1) is 15.9 Å². The van der Waals surface area contributed by atoms with Gasteiger partial charge in [-0.1, -0.05) is 0 Å². The van der Waals surface area contributed by atoms with Crippen molar-refractivity contribution in [2.24, 2.45) is 5.73 Å². The second-order valence-electron chi connectivity index (χ2n) is 3.20. The fourth-order valence-corrected chi connectivity index (χ4v) is 1.25. The monoisotopic (exact) mass is 263 g/mol. The van der Waals surface area contributed by atoms with E-state index in [4.69, 9.17) is 11.5 Å². The van der Waals surface area contributed by atoms with Crippen LogP contribution in [0.3, 0.4) is 0 Å². The first-order valence-electron chi connectivity index (χ1n) is 4.41. The molecule has 0 bridgehead atoms. The van der Waals surface area contributed by atoms with Crippen molar-refractivity contribution < 1.29 is 14.1 Å². The van der Waals surface area contributed by atoms with Gasteiger partial charge in [0.25, 0.3) is 5.91 Å². The van der Waals surface area contributed by atoms with Crippen LogP contribution in [0.15, 0.2) is 12.1 Å². The minimum atomic E-state index is -0.931. The van der Waals surface area contributed by atoms with Crippen molar-refractivity contribution in [3.8, 4) is 0 Å². The normalized spacial score (nSPS) is 9.47. The van der Waals surface area contributed by atoms with Gasteiger partial charge in [-0.2, -0.15) is 0 Å². The Bertz CT molecular complexity index is 453. The molecule has 0 heterocycles. The molecule has 0 aliphatic carbocycles. The molecule has 0 aliphatic heterocycles. The van der Waals surface area contributed by atoms with E-state index < -0.39 is 16.6 Å². The van der Waals surface area contributed by atoms with E-state index in [9.17, 15) is 19.3 Å². The fourth-order valence-electron chi connectivity index (χ4n) is 1.25. The van der Waals surface area contributed by atoms with Crippen LogP contribution in [-0.2, 0) is 6.42 Å². The van der Waals surface area contributed by atoms with Crippen molar-refractivity contribution in [1.29, 1.82) is 0 Å². The molecule has 0 aliphatic rings. The summed E-state index contributed by atoms with van der Waals surface area (Å²) in [6, 6.07) is 2.09. The third-order valence-electron chi connectivity index (χ3n) is 2.06. The van der Waals surface area contributed by atoms with Crippen molar-refractivity contribution in [2.45, 2.75) is 6.42 Å². The van der Waals surface area contributed by atoms with Gasteiger partial charge >= 0.3 is 0 Å². The third-order valence-corrected chi connectivity index (χ3v) is 2.06. The molecular weight excluding hydrogens is 253 g/mol. The van der Waals surface area contributed by atoms with E-state index >= 15 is 0 Å². The second-order valence-corrected chi connectivity index (χ2v) is 3.20. The van der Waals surface area contributed by atoms with E-state index in [1.807, 2.05) is 0 Å². The summed E-state index contributed by atoms with van der Waals surface area (Å²) < 4.78 is 13.2. The number of halogens is 2. The SMILES string of the molecule is Cl.NC(=O)c1cc(CC[N+](=O)[O-])c(N)cc1F. The quantitative estimate of drug-likeness (QED) is 0.474. The molecule has 6 nitrogen and oxygen atoms in total. The fraction of sp³-hybridized carbons (Fsp3) is 0.222. The van der Waals surface area contributed by atoms with Gasteiger partial charge in [-0.25, -0.2) is 4.39 Å². The zero-order chi connectivity index (χ0) is 12.3. The highest BCUT2D eigenvalue weighted by Gasteiger charge is 2.13. The Kier molecular flexibility index (Phi) is 5.33. The summed E-state index contributed by atoms with van der Waals surface area (Å²) in [7, 11) is 0. The molecule has 0 spiro atoms. The smallest absolute Gasteiger partial charge is 0.251 e. The summed E-state index contributed by atoms with van der Waals surface area (Å²) in [4.78, 5) is 20.5. The highest BCUT2D eigenvalue weighted by Crippen LogP contribution is 2.18. The van der Waals surface area contributed by atoms with Crippen LogP contribution in [0.5, 0.6) is 0 Å². The van der Waals surface area contributed by atoms with E-state index in [2.05, 4.69) is 0 Å². The highest BCUT2D eigenvalue weighted by molar-refractivity contribution is 5.93. The van der Waals surface area contributed by atoms with E-state index in [-0.39, 0.29) is 36.6 Å². The molecule has 1 rings (SSSR count). The number of hydrogen-bond donors (Lipinski definition) is 2. The molecule has 1 amide bonds. The zero-order valence-electron chi connectivity index (χ0n) is 8.68. The van der Waals surface area contributed by atoms with Gasteiger partial charge in [-0.3, -0.25) is 14.9 Å². The van der Waals surface area contributed by atoms with Gasteiger partial charge in [-0.15, -0.1) is 12.4 Å². The topological polar surface area (TPSA) is 112 Å². The zero-order valence-corrected chi connectivity index (χ0v) is 9.50. The molecule has 1 aromatic rings. The van der Waals surface area contributed by atoms with E-state index in [0.717, 1.165) is 12.1 Å². The number of nitrogen functional groups attached to an aromatic ring is 1. The van der Waals surface area contributed by atoms with Crippen LogP contribution in [0.1, 0.15) is 15.9 Å². The third kappa shape index (κ3) is 3.87. The number of anilines is 1. The lowest BCUT2D eigenvalue weighted by Crippen LogP contribution is -2.15. The first-order valence-corrected chi connectivity index (χ1v) is 4.41. The molecule has 0 radical (unpaired) electrons. The number of amides is 1. The molecule has 0 aromatic heterocycles. The summed E-state index contributed by atoms with van der Waals surface area (Å²) in [5.74, 6) is -1.75. The van der Waals surface area contributed by atoms with Gasteiger partial charge in [0.05, 0.1) is 5.56 Å². The number of primary amides is 1. The molecule has 0 saturated heterocycles. The first kappa shape index (κ1) is 15.1. The van der Waals surface area contributed by atoms with Gasteiger partial charge in [0.1, 0.15) is 5.82 Å². The highest BCUT2D eigenvalue weighted by atomic mass is 35.5. The maximum absolute atomic E-state index is 13.2. The van der Waals surface area contributed by atoms with Crippen LogP contribution in [0.25, 0.3) is 0 Å². The van der Waals surface area contributed by atoms with Crippen LogP contribution >= 0.6 is 12.4 Å². The van der Waals surface area contributed by atoms with Crippen LogP contribution in [-0.4, -0.2) is 17.4 Å². The van der Waals surface area contributed by atoms with Crippen LogP contribution < -0.4 is 11.5 Å². The molecule has 8 heteroatoms. The number of nitrogens with two attached hydrogens (primary N) is 2. The first-order chi connectivity index (χ1) is 7.41. The minimum Gasteiger partial charge on any atom is -0.398 e.